The maximum atomic E-state index is 12.5. The number of aromatic nitrogens is 1. The summed E-state index contributed by atoms with van der Waals surface area (Å²) in [5.74, 6) is -0.0468. The predicted molar refractivity (Wildman–Crippen MR) is 104 cm³/mol. The third-order valence-electron chi connectivity index (χ3n) is 3.90. The van der Waals surface area contributed by atoms with Gasteiger partial charge in [0.15, 0.2) is 4.80 Å². The van der Waals surface area contributed by atoms with Gasteiger partial charge in [-0.3, -0.25) is 9.59 Å². The van der Waals surface area contributed by atoms with Crippen molar-refractivity contribution in [1.29, 1.82) is 0 Å². The van der Waals surface area contributed by atoms with Crippen molar-refractivity contribution in [3.05, 3.63) is 58.9 Å². The van der Waals surface area contributed by atoms with Crippen molar-refractivity contribution in [3.63, 3.8) is 0 Å². The monoisotopic (exact) mass is 384 g/mol. The molecule has 2 aromatic carbocycles. The standard InChI is InChI=1S/C20H20N2O4S/c1-3-26-18(24)13-22-19-15(25-2)10-7-11-16(19)27-20(22)21-17(23)12-14-8-5-4-6-9-14/h4-11H,3,12-13H2,1-2H3. The number of thiazole rings is 1. The zero-order valence-electron chi connectivity index (χ0n) is 15.2. The third kappa shape index (κ3) is 4.43. The quantitative estimate of drug-likeness (QED) is 0.613. The summed E-state index contributed by atoms with van der Waals surface area (Å²) in [6, 6.07) is 15.0. The minimum atomic E-state index is -0.389. The number of hydrogen-bond acceptors (Lipinski definition) is 5. The Morgan fingerprint density at radius 2 is 1.89 bits per heavy atom. The number of rotatable bonds is 6. The van der Waals surface area contributed by atoms with Crippen molar-refractivity contribution >= 4 is 33.4 Å². The maximum absolute atomic E-state index is 12.5. The van der Waals surface area contributed by atoms with Crippen LogP contribution in [0.3, 0.4) is 0 Å². The van der Waals surface area contributed by atoms with Crippen molar-refractivity contribution in [2.45, 2.75) is 19.9 Å². The van der Waals surface area contributed by atoms with Crippen molar-refractivity contribution in [2.75, 3.05) is 13.7 Å². The number of nitrogens with zero attached hydrogens (tertiary/aromatic N) is 2. The minimum absolute atomic E-state index is 0.0360. The van der Waals surface area contributed by atoms with E-state index in [4.69, 9.17) is 9.47 Å². The molecule has 1 amide bonds. The molecule has 0 spiro atoms. The van der Waals surface area contributed by atoms with Crippen LogP contribution in [0.1, 0.15) is 12.5 Å². The highest BCUT2D eigenvalue weighted by Gasteiger charge is 2.15. The molecule has 3 rings (SSSR count). The molecule has 0 bridgehead atoms. The second-order valence-corrected chi connectivity index (χ2v) is 6.76. The van der Waals surface area contributed by atoms with E-state index in [-0.39, 0.29) is 31.4 Å². The van der Waals surface area contributed by atoms with Gasteiger partial charge in [0.05, 0.1) is 24.8 Å². The van der Waals surface area contributed by atoms with Gasteiger partial charge in [0, 0.05) is 0 Å². The molecule has 0 unspecified atom stereocenters. The fraction of sp³-hybridized carbons (Fsp3) is 0.250. The van der Waals surface area contributed by atoms with E-state index in [1.807, 2.05) is 48.5 Å². The molecule has 1 aromatic heterocycles. The van der Waals surface area contributed by atoms with Gasteiger partial charge in [-0.05, 0) is 24.6 Å². The lowest BCUT2D eigenvalue weighted by Crippen LogP contribution is -2.23. The molecule has 6 nitrogen and oxygen atoms in total. The molecule has 0 radical (unpaired) electrons. The molecular weight excluding hydrogens is 364 g/mol. The van der Waals surface area contributed by atoms with Gasteiger partial charge in [-0.15, -0.1) is 0 Å². The lowest BCUT2D eigenvalue weighted by molar-refractivity contribution is -0.143. The van der Waals surface area contributed by atoms with Crippen LogP contribution in [-0.2, 0) is 27.3 Å². The van der Waals surface area contributed by atoms with Gasteiger partial charge in [-0.25, -0.2) is 0 Å². The normalized spacial score (nSPS) is 11.6. The minimum Gasteiger partial charge on any atom is -0.495 e. The number of methoxy groups -OCH3 is 1. The smallest absolute Gasteiger partial charge is 0.326 e. The Hall–Kier alpha value is -2.93. The van der Waals surface area contributed by atoms with Crippen LogP contribution in [-0.4, -0.2) is 30.2 Å². The summed E-state index contributed by atoms with van der Waals surface area (Å²) in [5.41, 5.74) is 1.62. The largest absolute Gasteiger partial charge is 0.495 e. The second-order valence-electron chi connectivity index (χ2n) is 5.75. The molecule has 0 aliphatic carbocycles. The van der Waals surface area contributed by atoms with E-state index in [2.05, 4.69) is 4.99 Å². The SMILES string of the molecule is CCOC(=O)Cn1c(=NC(=O)Cc2ccccc2)sc2cccc(OC)c21. The van der Waals surface area contributed by atoms with Crippen LogP contribution in [0.4, 0.5) is 0 Å². The molecular formula is C20H20N2O4S. The number of carbonyl (C=O) groups excluding carboxylic acids is 2. The van der Waals surface area contributed by atoms with Crippen LogP contribution in [0.15, 0.2) is 53.5 Å². The van der Waals surface area contributed by atoms with Gasteiger partial charge in [-0.2, -0.15) is 4.99 Å². The summed E-state index contributed by atoms with van der Waals surface area (Å²) in [7, 11) is 1.57. The van der Waals surface area contributed by atoms with Crippen molar-refractivity contribution in [2.24, 2.45) is 4.99 Å². The van der Waals surface area contributed by atoms with Crippen LogP contribution in [0.5, 0.6) is 5.75 Å². The Morgan fingerprint density at radius 1 is 1.11 bits per heavy atom. The molecule has 1 heterocycles. The molecule has 0 fully saturated rings. The Bertz CT molecular complexity index is 1020. The van der Waals surface area contributed by atoms with Crippen LogP contribution >= 0.6 is 11.3 Å². The van der Waals surface area contributed by atoms with Crippen LogP contribution in [0.2, 0.25) is 0 Å². The summed E-state index contributed by atoms with van der Waals surface area (Å²) < 4.78 is 13.1. The van der Waals surface area contributed by atoms with E-state index >= 15 is 0 Å². The van der Waals surface area contributed by atoms with Gasteiger partial charge < -0.3 is 14.0 Å². The molecule has 0 aliphatic heterocycles. The molecule has 0 N–H and O–H groups in total. The average Bonchev–Trinajstić information content (AvgIpc) is 2.99. The number of benzene rings is 2. The Balaban J connectivity index is 2.05. The zero-order valence-corrected chi connectivity index (χ0v) is 16.0. The lowest BCUT2D eigenvalue weighted by atomic mass is 10.1. The number of para-hydroxylation sites is 1. The fourth-order valence-electron chi connectivity index (χ4n) is 2.75. The van der Waals surface area contributed by atoms with Gasteiger partial charge >= 0.3 is 5.97 Å². The summed E-state index contributed by atoms with van der Waals surface area (Å²) >= 11 is 1.34. The van der Waals surface area contributed by atoms with Crippen LogP contribution < -0.4 is 9.54 Å². The van der Waals surface area contributed by atoms with Crippen LogP contribution in [0.25, 0.3) is 10.2 Å². The van der Waals surface area contributed by atoms with E-state index in [0.717, 1.165) is 15.8 Å². The Labute approximate surface area is 160 Å². The van der Waals surface area contributed by atoms with Gasteiger partial charge in [0.1, 0.15) is 17.8 Å². The van der Waals surface area contributed by atoms with E-state index in [1.54, 1.807) is 18.6 Å². The molecule has 27 heavy (non-hydrogen) atoms. The Morgan fingerprint density at radius 3 is 2.59 bits per heavy atom. The number of ether oxygens (including phenoxy) is 2. The molecule has 0 saturated heterocycles. The molecule has 140 valence electrons. The number of carbonyl (C=O) groups is 2. The molecule has 0 aliphatic rings. The molecule has 3 aromatic rings. The zero-order chi connectivity index (χ0) is 19.2. The average molecular weight is 384 g/mol. The van der Waals surface area contributed by atoms with Crippen molar-refractivity contribution in [1.82, 2.24) is 4.57 Å². The van der Waals surface area contributed by atoms with Gasteiger partial charge in [0.25, 0.3) is 5.91 Å². The predicted octanol–water partition coefficient (Wildman–Crippen LogP) is 2.94. The number of amides is 1. The van der Waals surface area contributed by atoms with E-state index in [1.165, 1.54) is 11.3 Å². The van der Waals surface area contributed by atoms with Gasteiger partial charge in [0.2, 0.25) is 0 Å². The van der Waals surface area contributed by atoms with Crippen molar-refractivity contribution in [3.8, 4) is 5.75 Å². The summed E-state index contributed by atoms with van der Waals surface area (Å²) in [4.78, 5) is 29.2. The first-order valence-electron chi connectivity index (χ1n) is 8.55. The van der Waals surface area contributed by atoms with E-state index in [0.29, 0.717) is 10.6 Å². The summed E-state index contributed by atoms with van der Waals surface area (Å²) in [5, 5.41) is 0. The first-order chi connectivity index (χ1) is 13.1. The Kier molecular flexibility index (Phi) is 6.03. The van der Waals surface area contributed by atoms with Crippen molar-refractivity contribution < 1.29 is 19.1 Å². The summed E-state index contributed by atoms with van der Waals surface area (Å²) in [6.07, 6.45) is 0.200. The first-order valence-corrected chi connectivity index (χ1v) is 9.37. The topological polar surface area (TPSA) is 69.9 Å². The number of fused-ring (bicyclic) bond motifs is 1. The highest BCUT2D eigenvalue weighted by molar-refractivity contribution is 7.16. The number of esters is 1. The lowest BCUT2D eigenvalue weighted by Gasteiger charge is -2.08. The fourth-order valence-corrected chi connectivity index (χ4v) is 3.81. The number of hydrogen-bond donors (Lipinski definition) is 0. The summed E-state index contributed by atoms with van der Waals surface area (Å²) in [6.45, 7) is 2.01. The molecule has 0 atom stereocenters. The van der Waals surface area contributed by atoms with Gasteiger partial charge in [-0.1, -0.05) is 47.7 Å². The first kappa shape index (κ1) is 18.8. The highest BCUT2D eigenvalue weighted by Crippen LogP contribution is 2.27. The molecule has 0 saturated carbocycles. The third-order valence-corrected chi connectivity index (χ3v) is 4.94. The second kappa shape index (κ2) is 8.64. The highest BCUT2D eigenvalue weighted by atomic mass is 32.1. The van der Waals surface area contributed by atoms with Crippen LogP contribution in [0, 0.1) is 0 Å². The molecule has 7 heteroatoms. The van der Waals surface area contributed by atoms with E-state index < -0.39 is 0 Å². The van der Waals surface area contributed by atoms with E-state index in [9.17, 15) is 9.59 Å². The maximum Gasteiger partial charge on any atom is 0.326 e.